The smallest absolute Gasteiger partial charge is 0.244 e. The second kappa shape index (κ2) is 8.23. The molecule has 1 aromatic carbocycles. The zero-order valence-electron chi connectivity index (χ0n) is 16.0. The molecule has 1 amide bonds. The Morgan fingerprint density at radius 2 is 2.07 bits per heavy atom. The summed E-state index contributed by atoms with van der Waals surface area (Å²) in [6.07, 6.45) is 2.88. The summed E-state index contributed by atoms with van der Waals surface area (Å²) in [6, 6.07) is 13.0. The lowest BCUT2D eigenvalue weighted by Crippen LogP contribution is -2.53. The van der Waals surface area contributed by atoms with Crippen molar-refractivity contribution in [2.75, 3.05) is 32.8 Å². The van der Waals surface area contributed by atoms with E-state index in [2.05, 4.69) is 40.3 Å². The average Bonchev–Trinajstić information content (AvgIpc) is 2.98. The first-order chi connectivity index (χ1) is 13.2. The number of hydrogen-bond donors (Lipinski definition) is 0. The van der Waals surface area contributed by atoms with Crippen LogP contribution in [0.15, 0.2) is 42.6 Å². The molecular formula is C21H28N4O2. The van der Waals surface area contributed by atoms with Crippen molar-refractivity contribution in [2.45, 2.75) is 32.5 Å². The predicted octanol–water partition coefficient (Wildman–Crippen LogP) is 1.94. The fraction of sp³-hybridized carbons (Fsp3) is 0.524. The van der Waals surface area contributed by atoms with Gasteiger partial charge >= 0.3 is 0 Å². The molecule has 2 aliphatic rings. The number of aryl methyl sites for hydroxylation is 1. The molecule has 6 nitrogen and oxygen atoms in total. The number of benzene rings is 1. The standard InChI is InChI=1S/C21H28N4O2/c1-17-7-10-25(22-17)15-21(26)24-9-8-20-19(14-24)16-27-12-11-23(20)13-18-5-3-2-4-6-18/h2-7,10,19-20H,8-9,11-16H2,1H3/t19-,20-/m1/s1. The summed E-state index contributed by atoms with van der Waals surface area (Å²) in [7, 11) is 0. The van der Waals surface area contributed by atoms with Crippen molar-refractivity contribution in [1.29, 1.82) is 0 Å². The fourth-order valence-electron chi connectivity index (χ4n) is 4.28. The molecule has 4 rings (SSSR count). The van der Waals surface area contributed by atoms with Crippen LogP contribution < -0.4 is 0 Å². The van der Waals surface area contributed by atoms with Crippen LogP contribution in [0.5, 0.6) is 0 Å². The number of aromatic nitrogens is 2. The quantitative estimate of drug-likeness (QED) is 0.828. The third kappa shape index (κ3) is 4.39. The highest BCUT2D eigenvalue weighted by Gasteiger charge is 2.36. The van der Waals surface area contributed by atoms with Gasteiger partial charge in [-0.1, -0.05) is 30.3 Å². The highest BCUT2D eigenvalue weighted by Crippen LogP contribution is 2.26. The highest BCUT2D eigenvalue weighted by atomic mass is 16.5. The van der Waals surface area contributed by atoms with E-state index in [4.69, 9.17) is 4.74 Å². The first kappa shape index (κ1) is 18.2. The summed E-state index contributed by atoms with van der Waals surface area (Å²) < 4.78 is 7.62. The molecule has 0 saturated carbocycles. The van der Waals surface area contributed by atoms with E-state index < -0.39 is 0 Å². The first-order valence-corrected chi connectivity index (χ1v) is 9.82. The van der Waals surface area contributed by atoms with Crippen molar-refractivity contribution in [3.63, 3.8) is 0 Å². The van der Waals surface area contributed by atoms with Gasteiger partial charge in [0, 0.05) is 44.3 Å². The predicted molar refractivity (Wildman–Crippen MR) is 103 cm³/mol. The van der Waals surface area contributed by atoms with Crippen LogP contribution in [0, 0.1) is 12.8 Å². The zero-order valence-corrected chi connectivity index (χ0v) is 16.0. The van der Waals surface area contributed by atoms with Crippen LogP contribution >= 0.6 is 0 Å². The van der Waals surface area contributed by atoms with E-state index in [1.807, 2.05) is 24.1 Å². The molecule has 2 saturated heterocycles. The Hall–Kier alpha value is -2.18. The van der Waals surface area contributed by atoms with Gasteiger partial charge in [-0.2, -0.15) is 5.10 Å². The Morgan fingerprint density at radius 3 is 2.85 bits per heavy atom. The Balaban J connectivity index is 1.40. The van der Waals surface area contributed by atoms with Gasteiger partial charge < -0.3 is 9.64 Å². The van der Waals surface area contributed by atoms with E-state index in [1.54, 1.807) is 4.68 Å². The lowest BCUT2D eigenvalue weighted by atomic mass is 9.91. The number of carbonyl (C=O) groups is 1. The molecule has 2 aliphatic heterocycles. The Labute approximate surface area is 160 Å². The van der Waals surface area contributed by atoms with E-state index >= 15 is 0 Å². The summed E-state index contributed by atoms with van der Waals surface area (Å²) in [4.78, 5) is 17.3. The summed E-state index contributed by atoms with van der Waals surface area (Å²) in [5, 5.41) is 4.34. The lowest BCUT2D eigenvalue weighted by Gasteiger charge is -2.42. The molecule has 144 valence electrons. The number of rotatable bonds is 4. The van der Waals surface area contributed by atoms with Crippen LogP contribution in [0.2, 0.25) is 0 Å². The second-order valence-corrected chi connectivity index (χ2v) is 7.64. The summed E-state index contributed by atoms with van der Waals surface area (Å²) in [5.74, 6) is 0.517. The number of nitrogens with zero attached hydrogens (tertiary/aromatic N) is 4. The summed E-state index contributed by atoms with van der Waals surface area (Å²) in [5.41, 5.74) is 2.28. The van der Waals surface area contributed by atoms with Crippen LogP contribution in [-0.4, -0.2) is 64.4 Å². The molecular weight excluding hydrogens is 340 g/mol. The van der Waals surface area contributed by atoms with Crippen molar-refractivity contribution in [3.05, 3.63) is 53.9 Å². The van der Waals surface area contributed by atoms with E-state index in [1.165, 1.54) is 5.56 Å². The van der Waals surface area contributed by atoms with E-state index in [0.29, 0.717) is 18.5 Å². The van der Waals surface area contributed by atoms with Gasteiger partial charge in [0.1, 0.15) is 6.54 Å². The number of piperidine rings is 1. The third-order valence-electron chi connectivity index (χ3n) is 5.67. The third-order valence-corrected chi connectivity index (χ3v) is 5.67. The van der Waals surface area contributed by atoms with E-state index in [0.717, 1.165) is 51.5 Å². The van der Waals surface area contributed by atoms with Crippen molar-refractivity contribution >= 4 is 5.91 Å². The molecule has 0 N–H and O–H groups in total. The molecule has 0 unspecified atom stereocenters. The highest BCUT2D eigenvalue weighted by molar-refractivity contribution is 5.76. The zero-order chi connectivity index (χ0) is 18.6. The maximum absolute atomic E-state index is 12.7. The molecule has 0 bridgehead atoms. The molecule has 2 fully saturated rings. The van der Waals surface area contributed by atoms with Gasteiger partial charge in [-0.15, -0.1) is 0 Å². The Kier molecular flexibility index (Phi) is 5.55. The Bertz CT molecular complexity index is 761. The molecule has 0 aliphatic carbocycles. The number of amides is 1. The molecule has 6 heteroatoms. The SMILES string of the molecule is Cc1ccn(CC(=O)N2CC[C@@H]3[C@@H](COCCN3Cc3ccccc3)C2)n1. The Morgan fingerprint density at radius 1 is 1.22 bits per heavy atom. The summed E-state index contributed by atoms with van der Waals surface area (Å²) >= 11 is 0. The normalized spacial score (nSPS) is 23.7. The van der Waals surface area contributed by atoms with Crippen LogP contribution in [0.3, 0.4) is 0 Å². The minimum absolute atomic E-state index is 0.149. The van der Waals surface area contributed by atoms with Gasteiger partial charge in [-0.25, -0.2) is 0 Å². The van der Waals surface area contributed by atoms with Gasteiger partial charge in [0.25, 0.3) is 0 Å². The second-order valence-electron chi connectivity index (χ2n) is 7.64. The van der Waals surface area contributed by atoms with Crippen LogP contribution in [0.25, 0.3) is 0 Å². The van der Waals surface area contributed by atoms with E-state index in [9.17, 15) is 4.79 Å². The topological polar surface area (TPSA) is 50.6 Å². The molecule has 1 aromatic heterocycles. The van der Waals surface area contributed by atoms with Crippen molar-refractivity contribution in [3.8, 4) is 0 Å². The van der Waals surface area contributed by atoms with Gasteiger partial charge in [-0.05, 0) is 25.0 Å². The summed E-state index contributed by atoms with van der Waals surface area (Å²) in [6.45, 7) is 7.25. The number of carbonyl (C=O) groups excluding carboxylic acids is 1. The maximum Gasteiger partial charge on any atom is 0.244 e. The van der Waals surface area contributed by atoms with Crippen LogP contribution in [-0.2, 0) is 22.6 Å². The van der Waals surface area contributed by atoms with Gasteiger partial charge in [0.15, 0.2) is 0 Å². The van der Waals surface area contributed by atoms with Crippen molar-refractivity contribution < 1.29 is 9.53 Å². The molecule has 0 radical (unpaired) electrons. The number of ether oxygens (including phenoxy) is 1. The van der Waals surface area contributed by atoms with Gasteiger partial charge in [0.2, 0.25) is 5.91 Å². The molecule has 2 aromatic rings. The molecule has 3 heterocycles. The minimum atomic E-state index is 0.149. The lowest BCUT2D eigenvalue weighted by molar-refractivity contribution is -0.135. The van der Waals surface area contributed by atoms with Crippen molar-refractivity contribution in [1.82, 2.24) is 19.6 Å². The van der Waals surface area contributed by atoms with Gasteiger partial charge in [-0.3, -0.25) is 14.4 Å². The first-order valence-electron chi connectivity index (χ1n) is 9.82. The van der Waals surface area contributed by atoms with E-state index in [-0.39, 0.29) is 5.91 Å². The maximum atomic E-state index is 12.7. The average molecular weight is 368 g/mol. The monoisotopic (exact) mass is 368 g/mol. The molecule has 0 spiro atoms. The molecule has 2 atom stereocenters. The minimum Gasteiger partial charge on any atom is -0.380 e. The largest absolute Gasteiger partial charge is 0.380 e. The fourth-order valence-corrected chi connectivity index (χ4v) is 4.28. The van der Waals surface area contributed by atoms with Crippen molar-refractivity contribution in [2.24, 2.45) is 5.92 Å². The number of hydrogen-bond acceptors (Lipinski definition) is 4. The van der Waals surface area contributed by atoms with Gasteiger partial charge in [0.05, 0.1) is 18.9 Å². The van der Waals surface area contributed by atoms with Crippen LogP contribution in [0.4, 0.5) is 0 Å². The molecule has 27 heavy (non-hydrogen) atoms. The number of fused-ring (bicyclic) bond motifs is 1. The number of likely N-dealkylation sites (tertiary alicyclic amines) is 1. The van der Waals surface area contributed by atoms with Crippen LogP contribution in [0.1, 0.15) is 17.7 Å².